The molecule has 0 amide bonds. The molecule has 16 atom stereocenters. The normalized spacial score (nSPS) is 39.7. The number of aliphatic hydroxyl groups is 9. The summed E-state index contributed by atoms with van der Waals surface area (Å²) < 4.78 is 45.2. The molecule has 20 heteroatoms. The van der Waals surface area contributed by atoms with Crippen molar-refractivity contribution in [2.75, 3.05) is 20.3 Å². The Morgan fingerprint density at radius 2 is 1.41 bits per heavy atom. The second-order valence-electron chi connectivity index (χ2n) is 13.4. The molecule has 2 aromatic carbocycles. The van der Waals surface area contributed by atoms with Gasteiger partial charge in [0.25, 0.3) is 0 Å². The Kier molecular flexibility index (Phi) is 12.2. The van der Waals surface area contributed by atoms with Crippen LogP contribution in [0.2, 0.25) is 0 Å². The van der Waals surface area contributed by atoms with Crippen molar-refractivity contribution in [3.8, 4) is 28.7 Å². The third-order valence-corrected chi connectivity index (χ3v) is 9.82. The maximum atomic E-state index is 13.2. The molecule has 20 nitrogen and oxygen atoms in total. The highest BCUT2D eigenvalue weighted by Gasteiger charge is 2.52. The van der Waals surface area contributed by atoms with Crippen LogP contribution in [0.5, 0.6) is 28.7 Å². The van der Waals surface area contributed by atoms with Crippen LogP contribution in [0, 0.1) is 0 Å². The summed E-state index contributed by atoms with van der Waals surface area (Å²) in [6.07, 6.45) is -26.1. The van der Waals surface area contributed by atoms with Gasteiger partial charge in [0, 0.05) is 12.1 Å². The molecule has 4 aliphatic heterocycles. The van der Waals surface area contributed by atoms with E-state index in [0.717, 1.165) is 6.07 Å². The zero-order valence-corrected chi connectivity index (χ0v) is 28.8. The maximum Gasteiger partial charge on any atom is 0.229 e. The van der Waals surface area contributed by atoms with Crippen molar-refractivity contribution in [1.82, 2.24) is 0 Å². The fraction of sp³-hybridized carbons (Fsp3) is 0.618. The SMILES string of the molecule is COc1ccc([C@@H]2CC(=O)c3c(O)cc(O[C@@H]4O[C@H](CO[C@@H]5O[C@@H](C)[C@H](O)[C@@H](O)[C@@H]5O)[C@@H](O)[C@H](O)[C@H]4O[C@@H]4O[C@@H](CO)[C@H](O)[C@H](O)[C@H]4O)cc3O2)cc1O. The number of phenolic OH excluding ortho intramolecular Hbond substituents is 2. The van der Waals surface area contributed by atoms with Gasteiger partial charge in [-0.05, 0) is 24.6 Å². The number of rotatable bonds is 10. The summed E-state index contributed by atoms with van der Waals surface area (Å²) in [5.74, 6) is -1.46. The lowest BCUT2D eigenvalue weighted by Gasteiger charge is -2.46. The van der Waals surface area contributed by atoms with Gasteiger partial charge >= 0.3 is 0 Å². The first-order chi connectivity index (χ1) is 25.6. The van der Waals surface area contributed by atoms with E-state index in [2.05, 4.69) is 0 Å². The van der Waals surface area contributed by atoms with Crippen LogP contribution in [0.3, 0.4) is 0 Å². The lowest BCUT2D eigenvalue weighted by molar-refractivity contribution is -0.362. The predicted octanol–water partition coefficient (Wildman–Crippen LogP) is -3.33. The van der Waals surface area contributed by atoms with Gasteiger partial charge in [-0.2, -0.15) is 0 Å². The number of carbonyl (C=O) groups excluding carboxylic acids is 1. The van der Waals surface area contributed by atoms with Crippen LogP contribution >= 0.6 is 0 Å². The highest BCUT2D eigenvalue weighted by atomic mass is 16.8. The second kappa shape index (κ2) is 16.3. The molecular weight excluding hydrogens is 728 g/mol. The van der Waals surface area contributed by atoms with E-state index in [0.29, 0.717) is 5.56 Å². The first kappa shape index (κ1) is 40.2. The topological polar surface area (TPSA) is 313 Å². The summed E-state index contributed by atoms with van der Waals surface area (Å²) in [6.45, 7) is -0.00320. The first-order valence-corrected chi connectivity index (χ1v) is 17.0. The van der Waals surface area contributed by atoms with E-state index in [9.17, 15) is 61.0 Å². The van der Waals surface area contributed by atoms with Crippen molar-refractivity contribution < 1.29 is 98.9 Å². The number of methoxy groups -OCH3 is 1. The van der Waals surface area contributed by atoms with Gasteiger partial charge in [0.2, 0.25) is 6.29 Å². The molecule has 0 aromatic heterocycles. The lowest BCUT2D eigenvalue weighted by Crippen LogP contribution is -2.65. The number of aromatic hydroxyl groups is 2. The summed E-state index contributed by atoms with van der Waals surface area (Å²) >= 11 is 0. The molecule has 0 bridgehead atoms. The van der Waals surface area contributed by atoms with Gasteiger partial charge in [0.05, 0.1) is 32.8 Å². The minimum atomic E-state index is -1.95. The van der Waals surface area contributed by atoms with E-state index in [-0.39, 0.29) is 35.0 Å². The quantitative estimate of drug-likeness (QED) is 0.112. The van der Waals surface area contributed by atoms with Crippen LogP contribution in [0.4, 0.5) is 0 Å². The molecule has 0 aliphatic carbocycles. The Hall–Kier alpha value is -3.45. The number of phenols is 2. The molecule has 3 saturated heterocycles. The molecule has 6 rings (SSSR count). The van der Waals surface area contributed by atoms with Gasteiger partial charge in [-0.1, -0.05) is 6.07 Å². The zero-order chi connectivity index (χ0) is 39.2. The maximum absolute atomic E-state index is 13.2. The van der Waals surface area contributed by atoms with Gasteiger partial charge in [-0.25, -0.2) is 0 Å². The summed E-state index contributed by atoms with van der Waals surface area (Å²) in [5, 5.41) is 115. The average Bonchev–Trinajstić information content (AvgIpc) is 3.14. The molecule has 0 unspecified atom stereocenters. The minimum absolute atomic E-state index is 0.137. The number of ether oxygens (including phenoxy) is 8. The number of fused-ring (bicyclic) bond motifs is 1. The zero-order valence-electron chi connectivity index (χ0n) is 28.8. The van der Waals surface area contributed by atoms with Crippen molar-refractivity contribution >= 4 is 5.78 Å². The van der Waals surface area contributed by atoms with Gasteiger partial charge in [-0.3, -0.25) is 4.79 Å². The van der Waals surface area contributed by atoms with Crippen molar-refractivity contribution in [3.05, 3.63) is 41.5 Å². The van der Waals surface area contributed by atoms with Crippen LogP contribution in [0.1, 0.15) is 35.4 Å². The van der Waals surface area contributed by atoms with Crippen molar-refractivity contribution in [3.63, 3.8) is 0 Å². The third kappa shape index (κ3) is 7.81. The molecule has 2 aromatic rings. The van der Waals surface area contributed by atoms with E-state index in [1.54, 1.807) is 6.07 Å². The van der Waals surface area contributed by atoms with E-state index >= 15 is 0 Å². The summed E-state index contributed by atoms with van der Waals surface area (Å²) in [7, 11) is 1.37. The molecule has 0 saturated carbocycles. The van der Waals surface area contributed by atoms with Crippen molar-refractivity contribution in [2.45, 2.75) is 112 Å². The monoisotopic (exact) mass is 772 g/mol. The standard InChI is InChI=1S/C34H44O20/c1-11-23(39)26(42)29(45)32(49-11)48-10-21-25(41)28(44)31(54-33-30(46)27(43)24(40)20(9-35)52-33)34(53-21)50-13-6-15(37)22-16(38)8-18(51-19(22)7-13)12-3-4-17(47-2)14(36)5-12/h3-7,11,18,20-21,23-37,39-46H,8-10H2,1-2H3/t11-,18-,20-,21+,23-,24-,25+,26+,27-,28-,29-,30+,31+,32+,33-,34+/m0/s1. The predicted molar refractivity (Wildman–Crippen MR) is 173 cm³/mol. The molecule has 11 N–H and O–H groups in total. The van der Waals surface area contributed by atoms with E-state index in [4.69, 9.17) is 37.9 Å². The van der Waals surface area contributed by atoms with Gasteiger partial charge < -0.3 is 94.1 Å². The fourth-order valence-electron chi connectivity index (χ4n) is 6.67. The number of carbonyl (C=O) groups is 1. The number of aliphatic hydroxyl groups excluding tert-OH is 9. The number of hydrogen-bond acceptors (Lipinski definition) is 20. The Morgan fingerprint density at radius 3 is 2.09 bits per heavy atom. The smallest absolute Gasteiger partial charge is 0.229 e. The Labute approximate surface area is 306 Å². The Balaban J connectivity index is 1.27. The molecular formula is C34H44O20. The number of benzene rings is 2. The van der Waals surface area contributed by atoms with Gasteiger partial charge in [0.15, 0.2) is 36.0 Å². The highest BCUT2D eigenvalue weighted by molar-refractivity contribution is 6.02. The Morgan fingerprint density at radius 1 is 0.741 bits per heavy atom. The molecule has 4 heterocycles. The van der Waals surface area contributed by atoms with E-state index in [1.165, 1.54) is 32.2 Å². The van der Waals surface area contributed by atoms with Crippen LogP contribution in [-0.4, -0.2) is 174 Å². The number of hydrogen-bond donors (Lipinski definition) is 11. The van der Waals surface area contributed by atoms with Crippen molar-refractivity contribution in [2.24, 2.45) is 0 Å². The number of ketones is 1. The summed E-state index contributed by atoms with van der Waals surface area (Å²) in [5.41, 5.74) is 0.231. The fourth-order valence-corrected chi connectivity index (χ4v) is 6.67. The van der Waals surface area contributed by atoms with Crippen molar-refractivity contribution in [1.29, 1.82) is 0 Å². The molecule has 4 aliphatic rings. The van der Waals surface area contributed by atoms with Crippen LogP contribution < -0.4 is 14.2 Å². The summed E-state index contributed by atoms with van der Waals surface area (Å²) in [6, 6.07) is 6.67. The van der Waals surface area contributed by atoms with Gasteiger partial charge in [0.1, 0.15) is 90.0 Å². The number of Topliss-reactive ketones (excluding diaryl/α,β-unsaturated/α-hetero) is 1. The minimum Gasteiger partial charge on any atom is -0.507 e. The Bertz CT molecular complexity index is 1620. The van der Waals surface area contributed by atoms with E-state index < -0.39 is 123 Å². The first-order valence-electron chi connectivity index (χ1n) is 17.0. The lowest BCUT2D eigenvalue weighted by atomic mass is 9.95. The van der Waals surface area contributed by atoms with Crippen LogP contribution in [0.15, 0.2) is 30.3 Å². The third-order valence-electron chi connectivity index (χ3n) is 9.82. The molecule has 54 heavy (non-hydrogen) atoms. The van der Waals surface area contributed by atoms with Gasteiger partial charge in [-0.15, -0.1) is 0 Å². The molecule has 300 valence electrons. The second-order valence-corrected chi connectivity index (χ2v) is 13.4. The highest BCUT2D eigenvalue weighted by Crippen LogP contribution is 2.44. The summed E-state index contributed by atoms with van der Waals surface area (Å²) in [4.78, 5) is 13.2. The van der Waals surface area contributed by atoms with Crippen LogP contribution in [-0.2, 0) is 23.7 Å². The largest absolute Gasteiger partial charge is 0.507 e. The average molecular weight is 773 g/mol. The molecule has 0 spiro atoms. The van der Waals surface area contributed by atoms with Crippen LogP contribution in [0.25, 0.3) is 0 Å². The van der Waals surface area contributed by atoms with E-state index in [1.807, 2.05) is 0 Å². The molecule has 3 fully saturated rings. The molecule has 0 radical (unpaired) electrons.